The zero-order valence-corrected chi connectivity index (χ0v) is 15.9. The third-order valence-electron chi connectivity index (χ3n) is 4.56. The van der Waals surface area contributed by atoms with Crippen LogP contribution in [-0.4, -0.2) is 50.1 Å². The molecule has 2 fully saturated rings. The van der Waals surface area contributed by atoms with E-state index < -0.39 is 0 Å². The van der Waals surface area contributed by atoms with Crippen molar-refractivity contribution in [2.45, 2.75) is 63.8 Å². The number of aliphatic imine (C=N–C) groups is 1. The van der Waals surface area contributed by atoms with Crippen molar-refractivity contribution in [2.24, 2.45) is 4.99 Å². The van der Waals surface area contributed by atoms with Gasteiger partial charge in [0, 0.05) is 19.6 Å². The second-order valence-electron chi connectivity index (χ2n) is 6.23. The summed E-state index contributed by atoms with van der Waals surface area (Å²) in [6, 6.07) is 0.645. The molecule has 1 aliphatic carbocycles. The number of hydrogen-bond donors (Lipinski definition) is 2. The van der Waals surface area contributed by atoms with Crippen LogP contribution in [-0.2, 0) is 0 Å². The Morgan fingerprint density at radius 2 is 1.71 bits per heavy atom. The van der Waals surface area contributed by atoms with Crippen molar-refractivity contribution in [3.63, 3.8) is 0 Å². The molecule has 0 bridgehead atoms. The van der Waals surface area contributed by atoms with Crippen molar-refractivity contribution in [1.29, 1.82) is 0 Å². The molecule has 2 rings (SSSR count). The van der Waals surface area contributed by atoms with Gasteiger partial charge in [-0.2, -0.15) is 0 Å². The molecule has 21 heavy (non-hydrogen) atoms. The number of guanidine groups is 1. The highest BCUT2D eigenvalue weighted by molar-refractivity contribution is 14.0. The standard InChI is InChI=1S/C16H32N4.HI/c1-17-16(19-15-9-4-5-10-15)18-11-8-14-20-12-6-2-3-7-13-20;/h15H,2-14H2,1H3,(H2,17,18,19);1H. The number of rotatable bonds is 5. The van der Waals surface area contributed by atoms with Crippen LogP contribution in [0, 0.1) is 0 Å². The van der Waals surface area contributed by atoms with Gasteiger partial charge in [0.25, 0.3) is 0 Å². The van der Waals surface area contributed by atoms with Gasteiger partial charge in [-0.05, 0) is 51.7 Å². The minimum Gasteiger partial charge on any atom is -0.356 e. The third-order valence-corrected chi connectivity index (χ3v) is 4.56. The average Bonchev–Trinajstić information content (AvgIpc) is 2.84. The molecule has 1 saturated heterocycles. The SMILES string of the molecule is CN=C(NCCCN1CCCCCC1)NC1CCCC1.I. The largest absolute Gasteiger partial charge is 0.356 e. The second-order valence-corrected chi connectivity index (χ2v) is 6.23. The minimum atomic E-state index is 0. The molecule has 0 aromatic heterocycles. The van der Waals surface area contributed by atoms with Crippen molar-refractivity contribution in [2.75, 3.05) is 33.2 Å². The van der Waals surface area contributed by atoms with Gasteiger partial charge < -0.3 is 15.5 Å². The summed E-state index contributed by atoms with van der Waals surface area (Å²) in [5.74, 6) is 0.993. The summed E-state index contributed by atoms with van der Waals surface area (Å²) in [5.41, 5.74) is 0. The fourth-order valence-corrected chi connectivity index (χ4v) is 3.33. The normalized spacial score (nSPS) is 21.7. The maximum absolute atomic E-state index is 4.33. The van der Waals surface area contributed by atoms with Crippen LogP contribution in [0.4, 0.5) is 0 Å². The molecular formula is C16H33IN4. The van der Waals surface area contributed by atoms with Crippen LogP contribution in [0.3, 0.4) is 0 Å². The summed E-state index contributed by atoms with van der Waals surface area (Å²) in [5, 5.41) is 7.00. The van der Waals surface area contributed by atoms with Gasteiger partial charge in [-0.1, -0.05) is 25.7 Å². The Morgan fingerprint density at radius 1 is 1.05 bits per heavy atom. The quantitative estimate of drug-likeness (QED) is 0.318. The smallest absolute Gasteiger partial charge is 0.191 e. The molecule has 0 amide bonds. The molecule has 1 aliphatic heterocycles. The zero-order valence-electron chi connectivity index (χ0n) is 13.6. The van der Waals surface area contributed by atoms with Gasteiger partial charge in [-0.15, -0.1) is 24.0 Å². The molecule has 0 spiro atoms. The Morgan fingerprint density at radius 3 is 2.33 bits per heavy atom. The fourth-order valence-electron chi connectivity index (χ4n) is 3.33. The van der Waals surface area contributed by atoms with E-state index in [2.05, 4.69) is 20.5 Å². The Bertz CT molecular complexity index is 282. The summed E-state index contributed by atoms with van der Waals surface area (Å²) < 4.78 is 0. The van der Waals surface area contributed by atoms with Crippen molar-refractivity contribution in [3.05, 3.63) is 0 Å². The Labute approximate surface area is 147 Å². The Kier molecular flexibility index (Phi) is 10.4. The summed E-state index contributed by atoms with van der Waals surface area (Å²) in [6.07, 6.45) is 12.2. The van der Waals surface area contributed by atoms with E-state index in [1.807, 2.05) is 7.05 Å². The van der Waals surface area contributed by atoms with Crippen molar-refractivity contribution in [3.8, 4) is 0 Å². The predicted molar refractivity (Wildman–Crippen MR) is 102 cm³/mol. The van der Waals surface area contributed by atoms with Gasteiger partial charge in [0.2, 0.25) is 0 Å². The van der Waals surface area contributed by atoms with E-state index in [-0.39, 0.29) is 24.0 Å². The Balaban J connectivity index is 0.00000220. The molecule has 124 valence electrons. The van der Waals surface area contributed by atoms with Gasteiger partial charge in [0.15, 0.2) is 5.96 Å². The Hall–Kier alpha value is -0.0400. The van der Waals surface area contributed by atoms with E-state index in [4.69, 9.17) is 0 Å². The predicted octanol–water partition coefficient (Wildman–Crippen LogP) is 2.98. The van der Waals surface area contributed by atoms with Crippen LogP contribution < -0.4 is 10.6 Å². The monoisotopic (exact) mass is 408 g/mol. The molecule has 0 aromatic carbocycles. The number of likely N-dealkylation sites (tertiary alicyclic amines) is 1. The first-order valence-corrected chi connectivity index (χ1v) is 8.58. The van der Waals surface area contributed by atoms with Crippen LogP contribution in [0.1, 0.15) is 57.8 Å². The molecule has 2 aliphatic rings. The first kappa shape index (κ1) is 19.0. The summed E-state index contributed by atoms with van der Waals surface area (Å²) >= 11 is 0. The molecule has 0 aromatic rings. The lowest BCUT2D eigenvalue weighted by Gasteiger charge is -2.20. The second kappa shape index (κ2) is 11.5. The van der Waals surface area contributed by atoms with Crippen molar-refractivity contribution in [1.82, 2.24) is 15.5 Å². The van der Waals surface area contributed by atoms with E-state index in [0.717, 1.165) is 12.5 Å². The van der Waals surface area contributed by atoms with Gasteiger partial charge in [-0.25, -0.2) is 0 Å². The third kappa shape index (κ3) is 7.68. The molecule has 4 nitrogen and oxygen atoms in total. The van der Waals surface area contributed by atoms with E-state index in [1.165, 1.54) is 77.4 Å². The molecule has 2 N–H and O–H groups in total. The zero-order chi connectivity index (χ0) is 14.0. The van der Waals surface area contributed by atoms with E-state index in [0.29, 0.717) is 6.04 Å². The first-order chi connectivity index (χ1) is 9.88. The lowest BCUT2D eigenvalue weighted by molar-refractivity contribution is 0.282. The van der Waals surface area contributed by atoms with Crippen LogP contribution in [0.2, 0.25) is 0 Å². The molecule has 5 heteroatoms. The highest BCUT2D eigenvalue weighted by atomic mass is 127. The highest BCUT2D eigenvalue weighted by Gasteiger charge is 2.15. The molecule has 0 radical (unpaired) electrons. The van der Waals surface area contributed by atoms with E-state index in [9.17, 15) is 0 Å². The first-order valence-electron chi connectivity index (χ1n) is 8.58. The minimum absolute atomic E-state index is 0. The molecule has 1 heterocycles. The van der Waals surface area contributed by atoms with Crippen LogP contribution >= 0.6 is 24.0 Å². The van der Waals surface area contributed by atoms with Gasteiger partial charge in [0.05, 0.1) is 0 Å². The number of hydrogen-bond acceptors (Lipinski definition) is 2. The maximum Gasteiger partial charge on any atom is 0.191 e. The summed E-state index contributed by atoms with van der Waals surface area (Å²) in [4.78, 5) is 6.96. The number of halogens is 1. The van der Waals surface area contributed by atoms with Gasteiger partial charge in [-0.3, -0.25) is 4.99 Å². The number of nitrogens with zero attached hydrogens (tertiary/aromatic N) is 2. The average molecular weight is 408 g/mol. The summed E-state index contributed by atoms with van der Waals surface area (Å²) in [6.45, 7) is 4.86. The summed E-state index contributed by atoms with van der Waals surface area (Å²) in [7, 11) is 1.87. The molecule has 0 atom stereocenters. The van der Waals surface area contributed by atoms with Crippen LogP contribution in [0.15, 0.2) is 4.99 Å². The van der Waals surface area contributed by atoms with Gasteiger partial charge in [0.1, 0.15) is 0 Å². The molecule has 1 saturated carbocycles. The van der Waals surface area contributed by atoms with Crippen LogP contribution in [0.5, 0.6) is 0 Å². The highest BCUT2D eigenvalue weighted by Crippen LogP contribution is 2.17. The van der Waals surface area contributed by atoms with Crippen LogP contribution in [0.25, 0.3) is 0 Å². The van der Waals surface area contributed by atoms with E-state index in [1.54, 1.807) is 0 Å². The van der Waals surface area contributed by atoms with E-state index >= 15 is 0 Å². The molecule has 0 unspecified atom stereocenters. The maximum atomic E-state index is 4.33. The van der Waals surface area contributed by atoms with Crippen molar-refractivity contribution >= 4 is 29.9 Å². The fraction of sp³-hybridized carbons (Fsp3) is 0.938. The lowest BCUT2D eigenvalue weighted by atomic mass is 10.2. The lowest BCUT2D eigenvalue weighted by Crippen LogP contribution is -2.43. The van der Waals surface area contributed by atoms with Gasteiger partial charge >= 0.3 is 0 Å². The number of nitrogens with one attached hydrogen (secondary N) is 2. The molecular weight excluding hydrogens is 375 g/mol. The van der Waals surface area contributed by atoms with Crippen molar-refractivity contribution < 1.29 is 0 Å². The topological polar surface area (TPSA) is 39.7 Å².